The molecule has 2 N–H and O–H groups in total. The van der Waals surface area contributed by atoms with E-state index in [-0.39, 0.29) is 11.8 Å². The van der Waals surface area contributed by atoms with Crippen molar-refractivity contribution in [3.05, 3.63) is 35.4 Å². The van der Waals surface area contributed by atoms with E-state index in [4.69, 9.17) is 0 Å². The number of carbonyl (C=O) groups is 1. The van der Waals surface area contributed by atoms with Gasteiger partial charge in [0.05, 0.1) is 5.92 Å². The van der Waals surface area contributed by atoms with Crippen LogP contribution >= 0.6 is 0 Å². The molecule has 2 saturated heterocycles. The highest BCUT2D eigenvalue weighted by atomic mass is 16.1. The van der Waals surface area contributed by atoms with Gasteiger partial charge in [-0.2, -0.15) is 0 Å². The Hall–Kier alpha value is -1.35. The number of fused-ring (bicyclic) bond motifs is 2. The van der Waals surface area contributed by atoms with Crippen molar-refractivity contribution in [2.24, 2.45) is 5.92 Å². The fourth-order valence-corrected chi connectivity index (χ4v) is 3.50. The van der Waals surface area contributed by atoms with Gasteiger partial charge in [0.25, 0.3) is 0 Å². The lowest BCUT2D eigenvalue weighted by molar-refractivity contribution is -0.125. The summed E-state index contributed by atoms with van der Waals surface area (Å²) in [4.78, 5) is 12.3. The molecule has 2 aliphatic heterocycles. The summed E-state index contributed by atoms with van der Waals surface area (Å²) in [5.41, 5.74) is 2.57. The van der Waals surface area contributed by atoms with E-state index >= 15 is 0 Å². The van der Waals surface area contributed by atoms with E-state index in [9.17, 15) is 4.79 Å². The van der Waals surface area contributed by atoms with E-state index in [1.165, 1.54) is 17.5 Å². The van der Waals surface area contributed by atoms with Crippen molar-refractivity contribution in [1.82, 2.24) is 10.6 Å². The maximum absolute atomic E-state index is 12.3. The van der Waals surface area contributed by atoms with E-state index in [1.807, 2.05) is 6.07 Å². The van der Waals surface area contributed by atoms with Gasteiger partial charge in [-0.3, -0.25) is 4.79 Å². The van der Waals surface area contributed by atoms with Crippen molar-refractivity contribution < 1.29 is 4.79 Å². The van der Waals surface area contributed by atoms with E-state index in [2.05, 4.69) is 35.8 Å². The quantitative estimate of drug-likeness (QED) is 0.867. The van der Waals surface area contributed by atoms with Gasteiger partial charge in [0.2, 0.25) is 5.91 Å². The first kappa shape index (κ1) is 12.7. The number of hydrogen-bond donors (Lipinski definition) is 2. The first-order chi connectivity index (χ1) is 9.28. The van der Waals surface area contributed by atoms with Crippen molar-refractivity contribution >= 4 is 5.91 Å². The molecule has 3 heteroatoms. The number of amides is 1. The molecule has 2 heterocycles. The van der Waals surface area contributed by atoms with Crippen LogP contribution in [0.3, 0.4) is 0 Å². The summed E-state index contributed by atoms with van der Waals surface area (Å²) in [6.07, 6.45) is 4.44. The van der Waals surface area contributed by atoms with E-state index in [0.717, 1.165) is 19.3 Å². The first-order valence-corrected chi connectivity index (χ1v) is 7.38. The second-order valence-electron chi connectivity index (χ2n) is 5.73. The molecular weight excluding hydrogens is 236 g/mol. The Labute approximate surface area is 114 Å². The third-order valence-corrected chi connectivity index (χ3v) is 4.59. The number of aryl methyl sites for hydroxylation is 1. The first-order valence-electron chi connectivity index (χ1n) is 7.38. The third kappa shape index (κ3) is 2.52. The summed E-state index contributed by atoms with van der Waals surface area (Å²) in [5.74, 6) is 0.415. The monoisotopic (exact) mass is 258 g/mol. The van der Waals surface area contributed by atoms with Crippen LogP contribution in [0.2, 0.25) is 0 Å². The van der Waals surface area contributed by atoms with E-state index < -0.39 is 0 Å². The van der Waals surface area contributed by atoms with Gasteiger partial charge < -0.3 is 10.6 Å². The standard InChI is InChI=1S/C16H22N2O/c1-2-11-5-3-4-6-12(11)10-17-16(19)14-9-13-7-8-15(14)18-13/h3-6,13-15,18H,2,7-10H2,1H3,(H,17,19). The average Bonchev–Trinajstić information content (AvgIpc) is 3.07. The fraction of sp³-hybridized carbons (Fsp3) is 0.562. The minimum absolute atomic E-state index is 0.188. The summed E-state index contributed by atoms with van der Waals surface area (Å²) < 4.78 is 0. The number of hydrogen-bond acceptors (Lipinski definition) is 2. The maximum Gasteiger partial charge on any atom is 0.225 e. The normalized spacial score (nSPS) is 28.6. The van der Waals surface area contributed by atoms with Crippen LogP contribution in [0.25, 0.3) is 0 Å². The van der Waals surface area contributed by atoms with Crippen molar-refractivity contribution in [3.63, 3.8) is 0 Å². The highest BCUT2D eigenvalue weighted by Gasteiger charge is 2.42. The highest BCUT2D eigenvalue weighted by Crippen LogP contribution is 2.33. The molecule has 2 bridgehead atoms. The summed E-state index contributed by atoms with van der Waals surface area (Å²) >= 11 is 0. The zero-order valence-electron chi connectivity index (χ0n) is 11.5. The topological polar surface area (TPSA) is 41.1 Å². The summed E-state index contributed by atoms with van der Waals surface area (Å²) in [5, 5.41) is 6.64. The zero-order valence-corrected chi connectivity index (χ0v) is 11.5. The molecule has 0 radical (unpaired) electrons. The zero-order chi connectivity index (χ0) is 13.2. The van der Waals surface area contributed by atoms with Crippen LogP contribution in [0.5, 0.6) is 0 Å². The van der Waals surface area contributed by atoms with Crippen LogP contribution in [0.4, 0.5) is 0 Å². The highest BCUT2D eigenvalue weighted by molar-refractivity contribution is 5.80. The lowest BCUT2D eigenvalue weighted by atomic mass is 9.88. The van der Waals surface area contributed by atoms with E-state index in [1.54, 1.807) is 0 Å². The minimum Gasteiger partial charge on any atom is -0.352 e. The van der Waals surface area contributed by atoms with Crippen molar-refractivity contribution in [3.8, 4) is 0 Å². The molecule has 0 saturated carbocycles. The Bertz CT molecular complexity index is 472. The van der Waals surface area contributed by atoms with Gasteiger partial charge in [-0.15, -0.1) is 0 Å². The fourth-order valence-electron chi connectivity index (χ4n) is 3.50. The lowest BCUT2D eigenvalue weighted by Gasteiger charge is -2.19. The van der Waals surface area contributed by atoms with Crippen molar-refractivity contribution in [2.45, 2.75) is 51.2 Å². The average molecular weight is 258 g/mol. The lowest BCUT2D eigenvalue weighted by Crippen LogP contribution is -2.37. The van der Waals surface area contributed by atoms with Gasteiger partial charge in [-0.1, -0.05) is 31.2 Å². The van der Waals surface area contributed by atoms with Gasteiger partial charge in [0.1, 0.15) is 0 Å². The van der Waals surface area contributed by atoms with E-state index in [0.29, 0.717) is 18.6 Å². The number of carbonyl (C=O) groups excluding carboxylic acids is 1. The Morgan fingerprint density at radius 1 is 1.32 bits per heavy atom. The second-order valence-corrected chi connectivity index (χ2v) is 5.73. The van der Waals surface area contributed by atoms with Gasteiger partial charge in [0.15, 0.2) is 0 Å². The second kappa shape index (κ2) is 5.33. The molecular formula is C16H22N2O. The summed E-state index contributed by atoms with van der Waals surface area (Å²) in [7, 11) is 0. The molecule has 19 heavy (non-hydrogen) atoms. The number of rotatable bonds is 4. The van der Waals surface area contributed by atoms with Crippen molar-refractivity contribution in [1.29, 1.82) is 0 Å². The Morgan fingerprint density at radius 3 is 2.74 bits per heavy atom. The summed E-state index contributed by atoms with van der Waals surface area (Å²) in [6, 6.07) is 9.36. The Balaban J connectivity index is 1.59. The molecule has 1 aromatic rings. The van der Waals surface area contributed by atoms with Crippen LogP contribution in [0.15, 0.2) is 24.3 Å². The predicted molar refractivity (Wildman–Crippen MR) is 75.7 cm³/mol. The Morgan fingerprint density at radius 2 is 2.11 bits per heavy atom. The van der Waals surface area contributed by atoms with Crippen LogP contribution in [0, 0.1) is 5.92 Å². The molecule has 0 aliphatic carbocycles. The molecule has 2 fully saturated rings. The Kier molecular flexibility index (Phi) is 3.56. The predicted octanol–water partition coefficient (Wildman–Crippen LogP) is 2.01. The van der Waals surface area contributed by atoms with Gasteiger partial charge >= 0.3 is 0 Å². The van der Waals surface area contributed by atoms with Crippen LogP contribution in [-0.2, 0) is 17.8 Å². The largest absolute Gasteiger partial charge is 0.352 e. The smallest absolute Gasteiger partial charge is 0.225 e. The molecule has 2 aliphatic rings. The minimum atomic E-state index is 0.188. The maximum atomic E-state index is 12.3. The molecule has 1 aromatic carbocycles. The van der Waals surface area contributed by atoms with Crippen molar-refractivity contribution in [2.75, 3.05) is 0 Å². The molecule has 1 amide bonds. The van der Waals surface area contributed by atoms with Gasteiger partial charge in [-0.05, 0) is 36.8 Å². The molecule has 0 aromatic heterocycles. The van der Waals surface area contributed by atoms with Crippen LogP contribution in [0.1, 0.15) is 37.3 Å². The van der Waals surface area contributed by atoms with Crippen LogP contribution < -0.4 is 10.6 Å². The molecule has 3 unspecified atom stereocenters. The van der Waals surface area contributed by atoms with Gasteiger partial charge in [-0.25, -0.2) is 0 Å². The number of nitrogens with one attached hydrogen (secondary N) is 2. The summed E-state index contributed by atoms with van der Waals surface area (Å²) in [6.45, 7) is 2.82. The molecule has 0 spiro atoms. The molecule has 3 rings (SSSR count). The third-order valence-electron chi connectivity index (χ3n) is 4.59. The van der Waals surface area contributed by atoms with Gasteiger partial charge in [0, 0.05) is 18.6 Å². The molecule has 3 nitrogen and oxygen atoms in total. The van der Waals surface area contributed by atoms with Crippen LogP contribution in [-0.4, -0.2) is 18.0 Å². The molecule has 3 atom stereocenters. The number of benzene rings is 1. The molecule has 102 valence electrons. The SMILES string of the molecule is CCc1ccccc1CNC(=O)C1CC2CCC1N2.